The number of nitrogens with one attached hydrogen (secondary N) is 1. The van der Waals surface area contributed by atoms with Crippen molar-refractivity contribution in [2.45, 2.75) is 11.4 Å². The molecular formula is C24H26ClN3O3S. The Morgan fingerprint density at radius 3 is 2.22 bits per heavy atom. The summed E-state index contributed by atoms with van der Waals surface area (Å²) in [5, 5.41) is 0.623. The first-order chi connectivity index (χ1) is 15.2. The molecule has 3 aromatic carbocycles. The van der Waals surface area contributed by atoms with Gasteiger partial charge in [0.2, 0.25) is 0 Å². The molecule has 0 fully saturated rings. The Bertz CT molecular complexity index is 1150. The highest BCUT2D eigenvalue weighted by Gasteiger charge is 2.18. The van der Waals surface area contributed by atoms with E-state index in [9.17, 15) is 13.2 Å². The number of nitrogens with zero attached hydrogens (tertiary/aromatic N) is 2. The van der Waals surface area contributed by atoms with Crippen molar-refractivity contribution in [2.24, 2.45) is 0 Å². The first-order valence-electron chi connectivity index (χ1n) is 10.1. The Morgan fingerprint density at radius 2 is 1.59 bits per heavy atom. The van der Waals surface area contributed by atoms with Gasteiger partial charge in [-0.1, -0.05) is 41.9 Å². The van der Waals surface area contributed by atoms with Gasteiger partial charge in [-0.15, -0.1) is 0 Å². The van der Waals surface area contributed by atoms with Crippen LogP contribution >= 0.6 is 11.6 Å². The third-order valence-corrected chi connectivity index (χ3v) is 6.44. The van der Waals surface area contributed by atoms with Gasteiger partial charge in [0.15, 0.2) is 0 Å². The maximum absolute atomic E-state index is 13.2. The van der Waals surface area contributed by atoms with E-state index < -0.39 is 10.0 Å². The second kappa shape index (κ2) is 10.6. The van der Waals surface area contributed by atoms with Gasteiger partial charge in [0.25, 0.3) is 15.9 Å². The molecule has 0 bridgehead atoms. The summed E-state index contributed by atoms with van der Waals surface area (Å²) < 4.78 is 27.6. The van der Waals surface area contributed by atoms with Gasteiger partial charge in [0.05, 0.1) is 4.90 Å². The van der Waals surface area contributed by atoms with Gasteiger partial charge < -0.3 is 9.80 Å². The third kappa shape index (κ3) is 6.56. The van der Waals surface area contributed by atoms with E-state index in [-0.39, 0.29) is 10.8 Å². The molecule has 0 aliphatic carbocycles. The maximum atomic E-state index is 13.2. The summed E-state index contributed by atoms with van der Waals surface area (Å²) in [7, 11) is 0.219. The van der Waals surface area contributed by atoms with Crippen molar-refractivity contribution in [1.29, 1.82) is 0 Å². The largest absolute Gasteiger partial charge is 0.333 e. The lowest BCUT2D eigenvalue weighted by atomic mass is 10.1. The van der Waals surface area contributed by atoms with E-state index in [0.717, 1.165) is 5.56 Å². The number of likely N-dealkylation sites (N-methyl/N-ethyl adjacent to an activating group) is 1. The van der Waals surface area contributed by atoms with Crippen molar-refractivity contribution >= 4 is 33.2 Å². The molecule has 0 saturated heterocycles. The molecule has 1 N–H and O–H groups in total. The Labute approximate surface area is 194 Å². The van der Waals surface area contributed by atoms with Crippen LogP contribution in [0.4, 0.5) is 5.69 Å². The summed E-state index contributed by atoms with van der Waals surface area (Å²) in [5.41, 5.74) is 1.81. The van der Waals surface area contributed by atoms with Gasteiger partial charge in [0.1, 0.15) is 0 Å². The summed E-state index contributed by atoms with van der Waals surface area (Å²) in [5.74, 6) is -0.135. The van der Waals surface area contributed by atoms with Crippen LogP contribution in [0, 0.1) is 0 Å². The lowest BCUT2D eigenvalue weighted by molar-refractivity contribution is 0.0732. The van der Waals surface area contributed by atoms with Crippen molar-refractivity contribution in [3.63, 3.8) is 0 Å². The van der Waals surface area contributed by atoms with E-state index in [1.54, 1.807) is 53.4 Å². The van der Waals surface area contributed by atoms with E-state index in [2.05, 4.69) is 4.72 Å². The second-order valence-corrected chi connectivity index (χ2v) is 9.77. The van der Waals surface area contributed by atoms with Crippen molar-refractivity contribution in [3.05, 3.63) is 95.0 Å². The summed E-state index contributed by atoms with van der Waals surface area (Å²) >= 11 is 6.10. The zero-order chi connectivity index (χ0) is 23.1. The number of rotatable bonds is 9. The molecule has 0 aliphatic heterocycles. The molecule has 0 aromatic heterocycles. The zero-order valence-electron chi connectivity index (χ0n) is 18.0. The molecule has 1 amide bonds. The Kier molecular flexibility index (Phi) is 7.90. The quantitative estimate of drug-likeness (QED) is 0.504. The highest BCUT2D eigenvalue weighted by atomic mass is 35.5. The number of anilines is 1. The number of carbonyl (C=O) groups is 1. The van der Waals surface area contributed by atoms with E-state index in [4.69, 9.17) is 11.6 Å². The van der Waals surface area contributed by atoms with Crippen LogP contribution in [-0.4, -0.2) is 51.3 Å². The van der Waals surface area contributed by atoms with Crippen LogP contribution in [0.2, 0.25) is 5.02 Å². The predicted octanol–water partition coefficient (Wildman–Crippen LogP) is 4.34. The Balaban J connectivity index is 1.76. The Morgan fingerprint density at radius 1 is 0.906 bits per heavy atom. The number of hydrogen-bond donors (Lipinski definition) is 1. The summed E-state index contributed by atoms with van der Waals surface area (Å²) in [4.78, 5) is 17.2. The van der Waals surface area contributed by atoms with E-state index in [1.165, 1.54) is 12.1 Å². The molecule has 0 saturated carbocycles. The molecule has 6 nitrogen and oxygen atoms in total. The van der Waals surface area contributed by atoms with Crippen molar-refractivity contribution in [2.75, 3.05) is 31.9 Å². The van der Waals surface area contributed by atoms with Gasteiger partial charge in [-0.25, -0.2) is 8.42 Å². The minimum absolute atomic E-state index is 0.135. The predicted molar refractivity (Wildman–Crippen MR) is 128 cm³/mol. The molecule has 0 heterocycles. The summed E-state index contributed by atoms with van der Waals surface area (Å²) in [6.07, 6.45) is 0. The van der Waals surface area contributed by atoms with Gasteiger partial charge in [-0.3, -0.25) is 9.52 Å². The molecule has 32 heavy (non-hydrogen) atoms. The number of sulfonamides is 1. The number of amides is 1. The number of benzene rings is 3. The molecule has 0 radical (unpaired) electrons. The van der Waals surface area contributed by atoms with Crippen LogP contribution in [0.15, 0.2) is 83.8 Å². The molecule has 0 unspecified atom stereocenters. The highest BCUT2D eigenvalue weighted by Crippen LogP contribution is 2.19. The average molecular weight is 472 g/mol. The molecular weight excluding hydrogens is 446 g/mol. The van der Waals surface area contributed by atoms with Crippen LogP contribution in [0.1, 0.15) is 15.9 Å². The van der Waals surface area contributed by atoms with Crippen molar-refractivity contribution in [3.8, 4) is 0 Å². The fourth-order valence-corrected chi connectivity index (χ4v) is 4.40. The molecule has 0 aliphatic rings. The third-order valence-electron chi connectivity index (χ3n) is 4.80. The smallest absolute Gasteiger partial charge is 0.261 e. The van der Waals surface area contributed by atoms with Gasteiger partial charge in [-0.05, 0) is 68.2 Å². The molecule has 0 spiro atoms. The van der Waals surface area contributed by atoms with E-state index in [1.807, 2.05) is 37.2 Å². The van der Waals surface area contributed by atoms with Gasteiger partial charge >= 0.3 is 0 Å². The van der Waals surface area contributed by atoms with Crippen molar-refractivity contribution in [1.82, 2.24) is 9.80 Å². The lowest BCUT2D eigenvalue weighted by Gasteiger charge is -2.25. The van der Waals surface area contributed by atoms with Crippen LogP contribution in [0.3, 0.4) is 0 Å². The monoisotopic (exact) mass is 471 g/mol. The minimum Gasteiger partial charge on any atom is -0.333 e. The Hall–Kier alpha value is -2.87. The normalized spacial score (nSPS) is 11.4. The molecule has 168 valence electrons. The van der Waals surface area contributed by atoms with Crippen LogP contribution in [-0.2, 0) is 16.6 Å². The second-order valence-electron chi connectivity index (χ2n) is 7.66. The van der Waals surface area contributed by atoms with Crippen LogP contribution < -0.4 is 4.72 Å². The molecule has 8 heteroatoms. The lowest BCUT2D eigenvalue weighted by Crippen LogP contribution is -2.36. The molecule has 0 atom stereocenters. The first kappa shape index (κ1) is 23.8. The fourth-order valence-electron chi connectivity index (χ4n) is 3.11. The van der Waals surface area contributed by atoms with Crippen LogP contribution in [0.5, 0.6) is 0 Å². The van der Waals surface area contributed by atoms with Gasteiger partial charge in [-0.2, -0.15) is 0 Å². The minimum atomic E-state index is -3.69. The number of carbonyl (C=O) groups excluding carboxylic acids is 1. The summed E-state index contributed by atoms with van der Waals surface area (Å²) in [6.45, 7) is 1.68. The first-order valence-corrected chi connectivity index (χ1v) is 12.0. The average Bonchev–Trinajstić information content (AvgIpc) is 2.77. The zero-order valence-corrected chi connectivity index (χ0v) is 19.6. The van der Waals surface area contributed by atoms with Gasteiger partial charge in [0, 0.05) is 35.9 Å². The summed E-state index contributed by atoms with van der Waals surface area (Å²) in [6, 6.07) is 22.0. The van der Waals surface area contributed by atoms with E-state index >= 15 is 0 Å². The highest BCUT2D eigenvalue weighted by molar-refractivity contribution is 7.92. The van der Waals surface area contributed by atoms with E-state index in [0.29, 0.717) is 35.9 Å². The fraction of sp³-hybridized carbons (Fsp3) is 0.208. The topological polar surface area (TPSA) is 69.7 Å². The number of hydrogen-bond acceptors (Lipinski definition) is 4. The maximum Gasteiger partial charge on any atom is 0.261 e. The molecule has 3 rings (SSSR count). The number of halogens is 1. The standard InChI is InChI=1S/C24H26ClN3O3S/c1-27(2)15-16-28(18-19-7-6-8-21(25)17-19)24(29)20-11-13-22(14-12-20)26-32(30,31)23-9-4-3-5-10-23/h3-14,17,26H,15-16,18H2,1-2H3. The van der Waals surface area contributed by atoms with Crippen molar-refractivity contribution < 1.29 is 13.2 Å². The molecule has 3 aromatic rings. The SMILES string of the molecule is CN(C)CCN(Cc1cccc(Cl)c1)C(=O)c1ccc(NS(=O)(=O)c2ccccc2)cc1. The van der Waals surface area contributed by atoms with Crippen LogP contribution in [0.25, 0.3) is 0 Å².